The van der Waals surface area contributed by atoms with Crippen molar-refractivity contribution >= 4 is 23.9 Å². The number of carbonyl (C=O) groups excluding carboxylic acids is 4. The molecule has 0 aliphatic carbocycles. The molecule has 7 aromatic rings. The molecule has 0 aromatic heterocycles. The third-order valence-electron chi connectivity index (χ3n) is 12.6. The number of hydrogen-bond acceptors (Lipinski definition) is 15. The van der Waals surface area contributed by atoms with Crippen LogP contribution >= 0.6 is 0 Å². The molecule has 9 rings (SSSR count). The van der Waals surface area contributed by atoms with Crippen LogP contribution in [0.15, 0.2) is 212 Å². The van der Waals surface area contributed by atoms with Crippen LogP contribution in [0.3, 0.4) is 0 Å². The van der Waals surface area contributed by atoms with Gasteiger partial charge in [-0.15, -0.1) is 0 Å². The zero-order chi connectivity index (χ0) is 52.5. The van der Waals surface area contributed by atoms with Gasteiger partial charge < -0.3 is 52.5 Å². The molecule has 76 heavy (non-hydrogen) atoms. The number of carbonyl (C=O) groups is 4. The number of ether oxygens (including phenoxy) is 10. The maximum atomic E-state index is 14.3. The van der Waals surface area contributed by atoms with Crippen LogP contribution in [0.4, 0.5) is 0 Å². The van der Waals surface area contributed by atoms with Crippen LogP contribution < -0.4 is 0 Å². The lowest BCUT2D eigenvalue weighted by atomic mass is 9.96. The molecule has 390 valence electrons. The number of aliphatic hydroxyl groups is 1. The largest absolute Gasteiger partial charge is 0.452 e. The Kier molecular flexibility index (Phi) is 18.5. The molecule has 2 saturated heterocycles. The summed E-state index contributed by atoms with van der Waals surface area (Å²) in [5, 5.41) is 11.9. The summed E-state index contributed by atoms with van der Waals surface area (Å²) >= 11 is 0. The zero-order valence-corrected chi connectivity index (χ0v) is 41.2. The third-order valence-corrected chi connectivity index (χ3v) is 12.6. The van der Waals surface area contributed by atoms with Crippen molar-refractivity contribution in [2.24, 2.45) is 0 Å². The number of benzene rings is 7. The predicted molar refractivity (Wildman–Crippen MR) is 274 cm³/mol. The van der Waals surface area contributed by atoms with Gasteiger partial charge in [-0.2, -0.15) is 0 Å². The van der Waals surface area contributed by atoms with E-state index in [4.69, 9.17) is 47.4 Å². The number of esters is 4. The van der Waals surface area contributed by atoms with E-state index in [0.717, 1.165) is 16.7 Å². The van der Waals surface area contributed by atoms with Crippen LogP contribution in [-0.4, -0.2) is 104 Å². The maximum Gasteiger partial charge on any atom is 0.338 e. The molecule has 0 bridgehead atoms. The van der Waals surface area contributed by atoms with Crippen LogP contribution in [0.25, 0.3) is 0 Å². The van der Waals surface area contributed by atoms with Crippen molar-refractivity contribution < 1.29 is 71.7 Å². The van der Waals surface area contributed by atoms with Gasteiger partial charge in [-0.05, 0) is 65.2 Å². The highest BCUT2D eigenvalue weighted by Crippen LogP contribution is 2.35. The van der Waals surface area contributed by atoms with Crippen molar-refractivity contribution in [1.82, 2.24) is 0 Å². The molecule has 0 radical (unpaired) electrons. The lowest BCUT2D eigenvalue weighted by Crippen LogP contribution is -2.64. The molecule has 2 aliphatic heterocycles. The Morgan fingerprint density at radius 2 is 0.684 bits per heavy atom. The van der Waals surface area contributed by atoms with E-state index in [-0.39, 0.29) is 48.7 Å². The van der Waals surface area contributed by atoms with Gasteiger partial charge >= 0.3 is 23.9 Å². The Morgan fingerprint density at radius 1 is 0.342 bits per heavy atom. The lowest BCUT2D eigenvalue weighted by molar-refractivity contribution is -0.334. The lowest BCUT2D eigenvalue weighted by Gasteiger charge is -2.46. The van der Waals surface area contributed by atoms with Gasteiger partial charge in [0.05, 0.1) is 55.3 Å². The summed E-state index contributed by atoms with van der Waals surface area (Å²) in [6, 6.07) is 60.9. The zero-order valence-electron chi connectivity index (χ0n) is 41.2. The van der Waals surface area contributed by atoms with Gasteiger partial charge in [0.25, 0.3) is 0 Å². The highest BCUT2D eigenvalue weighted by molar-refractivity contribution is 5.91. The number of hydrogen-bond donors (Lipinski definition) is 1. The Balaban J connectivity index is 1.08. The van der Waals surface area contributed by atoms with Crippen molar-refractivity contribution in [1.29, 1.82) is 0 Å². The van der Waals surface area contributed by atoms with Crippen LogP contribution in [0, 0.1) is 0 Å². The van der Waals surface area contributed by atoms with Gasteiger partial charge in [-0.1, -0.05) is 164 Å². The van der Waals surface area contributed by atoms with Crippen LogP contribution in [0.5, 0.6) is 0 Å². The molecule has 15 heteroatoms. The second-order valence-corrected chi connectivity index (χ2v) is 17.9. The minimum atomic E-state index is -1.99. The summed E-state index contributed by atoms with van der Waals surface area (Å²) < 4.78 is 64.2. The van der Waals surface area contributed by atoms with E-state index in [9.17, 15) is 24.3 Å². The fraction of sp³-hybridized carbons (Fsp3) is 0.246. The molecule has 2 fully saturated rings. The third kappa shape index (κ3) is 14.1. The van der Waals surface area contributed by atoms with E-state index in [0.29, 0.717) is 0 Å². The van der Waals surface area contributed by atoms with Crippen LogP contribution in [-0.2, 0) is 67.2 Å². The molecule has 0 saturated carbocycles. The van der Waals surface area contributed by atoms with Crippen molar-refractivity contribution in [3.8, 4) is 0 Å². The van der Waals surface area contributed by atoms with Gasteiger partial charge in [0.2, 0.25) is 0 Å². The number of aliphatic hydroxyl groups excluding tert-OH is 1. The standard InChI is InChI=1S/C61H56O15/c62-56(44-28-14-4-15-29-44)73-51-49(71-60(66)54(75-58(64)46-32-18-6-19-33-46)53(51)74-57(63)45-30-16-5-17-31-45)40-70-61-55(76-59(65)47-34-20-7-21-35-47)52(69-38-43-26-12-3-13-27-43)50(68-37-42-24-10-2-11-25-42)48(72-61)39-67-36-41-22-8-1-9-23-41/h1-35,48-55,60-61,66H,36-40H2/t48-,49-,50-,51-,52+,53+,54-,55-,60+,61-/m1/s1. The summed E-state index contributed by atoms with van der Waals surface area (Å²) in [7, 11) is 0. The van der Waals surface area contributed by atoms with E-state index in [1.165, 1.54) is 36.4 Å². The Hall–Kier alpha value is -7.86. The Bertz CT molecular complexity index is 2900. The predicted octanol–water partition coefficient (Wildman–Crippen LogP) is 8.74. The van der Waals surface area contributed by atoms with E-state index in [1.807, 2.05) is 91.0 Å². The molecule has 0 amide bonds. The quantitative estimate of drug-likeness (QED) is 0.0533. The fourth-order valence-corrected chi connectivity index (χ4v) is 8.75. The van der Waals surface area contributed by atoms with Gasteiger partial charge in [-0.25, -0.2) is 19.2 Å². The highest BCUT2D eigenvalue weighted by atomic mass is 16.7. The first-order valence-corrected chi connectivity index (χ1v) is 24.8. The van der Waals surface area contributed by atoms with E-state index in [1.54, 1.807) is 84.9 Å². The molecule has 0 unspecified atom stereocenters. The molecule has 1 N–H and O–H groups in total. The molecular formula is C61H56O15. The first-order valence-electron chi connectivity index (χ1n) is 24.8. The second-order valence-electron chi connectivity index (χ2n) is 17.9. The van der Waals surface area contributed by atoms with E-state index < -0.39 is 91.9 Å². The summed E-state index contributed by atoms with van der Waals surface area (Å²) in [6.07, 6.45) is -14.5. The molecular weight excluding hydrogens is 973 g/mol. The topological polar surface area (TPSA) is 181 Å². The fourth-order valence-electron chi connectivity index (χ4n) is 8.75. The molecule has 10 atom stereocenters. The van der Waals surface area contributed by atoms with Crippen LogP contribution in [0.2, 0.25) is 0 Å². The molecule has 7 aromatic carbocycles. The Morgan fingerprint density at radius 3 is 1.12 bits per heavy atom. The molecule has 15 nitrogen and oxygen atoms in total. The van der Waals surface area contributed by atoms with Gasteiger partial charge in [0.15, 0.2) is 37.0 Å². The summed E-state index contributed by atoms with van der Waals surface area (Å²) in [5.41, 5.74) is 3.15. The average Bonchev–Trinajstić information content (AvgIpc) is 3.48. The SMILES string of the molecule is O=C(O[C@@H]1[C@@H](OC(=O)c2ccccc2)[C@@H](O)O[C@H](CO[C@@H]2O[C@H](COCc3ccccc3)[C@@H](OCc3ccccc3)[C@H](OCc3ccccc3)[C@H]2OC(=O)c2ccccc2)[C@H]1OC(=O)c1ccccc1)c1ccccc1. The van der Waals surface area contributed by atoms with Crippen molar-refractivity contribution in [3.05, 3.63) is 251 Å². The normalized spacial score (nSPS) is 23.1. The second kappa shape index (κ2) is 26.6. The summed E-state index contributed by atoms with van der Waals surface area (Å²) in [5.74, 6) is -3.37. The Labute approximate surface area is 439 Å². The minimum Gasteiger partial charge on any atom is -0.452 e. The van der Waals surface area contributed by atoms with Gasteiger partial charge in [-0.3, -0.25) is 0 Å². The highest BCUT2D eigenvalue weighted by Gasteiger charge is 2.55. The molecule has 2 aliphatic rings. The van der Waals surface area contributed by atoms with Crippen molar-refractivity contribution in [3.63, 3.8) is 0 Å². The summed E-state index contributed by atoms with van der Waals surface area (Å²) in [4.78, 5) is 56.1. The van der Waals surface area contributed by atoms with E-state index in [2.05, 4.69) is 0 Å². The van der Waals surface area contributed by atoms with E-state index >= 15 is 0 Å². The van der Waals surface area contributed by atoms with Crippen LogP contribution in [0.1, 0.15) is 58.1 Å². The molecule has 2 heterocycles. The first kappa shape index (κ1) is 53.0. The number of rotatable bonds is 21. The average molecular weight is 1030 g/mol. The van der Waals surface area contributed by atoms with Crippen molar-refractivity contribution in [2.45, 2.75) is 81.2 Å². The first-order chi connectivity index (χ1) is 37.3. The molecule has 0 spiro atoms. The van der Waals surface area contributed by atoms with Gasteiger partial charge in [0.1, 0.15) is 24.4 Å². The monoisotopic (exact) mass is 1030 g/mol. The van der Waals surface area contributed by atoms with Crippen molar-refractivity contribution in [2.75, 3.05) is 13.2 Å². The summed E-state index contributed by atoms with van der Waals surface area (Å²) in [6.45, 7) is -0.262. The minimum absolute atomic E-state index is 0.0490. The smallest absolute Gasteiger partial charge is 0.338 e. The maximum absolute atomic E-state index is 14.3. The van der Waals surface area contributed by atoms with Gasteiger partial charge in [0, 0.05) is 0 Å².